The van der Waals surface area contributed by atoms with Crippen LogP contribution in [0.2, 0.25) is 0 Å². The summed E-state index contributed by atoms with van der Waals surface area (Å²) in [5.41, 5.74) is 0.318. The fourth-order valence-corrected chi connectivity index (χ4v) is 3.20. The van der Waals surface area contributed by atoms with Crippen molar-refractivity contribution in [1.29, 1.82) is 0 Å². The first-order valence-corrected chi connectivity index (χ1v) is 7.86. The third-order valence-corrected chi connectivity index (χ3v) is 4.33. The highest BCUT2D eigenvalue weighted by molar-refractivity contribution is 6.05. The Morgan fingerprint density at radius 1 is 1.21 bits per heavy atom. The molecule has 2 amide bonds. The molecule has 0 radical (unpaired) electrons. The van der Waals surface area contributed by atoms with Gasteiger partial charge in [-0.05, 0) is 38.1 Å². The fourth-order valence-electron chi connectivity index (χ4n) is 3.20. The van der Waals surface area contributed by atoms with Crippen molar-refractivity contribution in [1.82, 2.24) is 4.90 Å². The second-order valence-corrected chi connectivity index (χ2v) is 6.07. The van der Waals surface area contributed by atoms with Gasteiger partial charge in [0.25, 0.3) is 0 Å². The van der Waals surface area contributed by atoms with Crippen LogP contribution in [0.25, 0.3) is 0 Å². The summed E-state index contributed by atoms with van der Waals surface area (Å²) in [5, 5.41) is 2.46. The highest BCUT2D eigenvalue weighted by atomic mass is 19.4. The number of nitrogens with zero attached hydrogens (tertiary/aromatic N) is 2. The molecule has 1 N–H and O–H groups in total. The molecule has 0 unspecified atom stereocenters. The standard InChI is InChI=1S/C16H18F3N3O2/c17-16(18,19)13-9-14(23)20-11-5-1-2-6-12(11)22(13)15(24)10-21-7-3-4-8-21/h1-2,5-6,13H,3-4,7-10H2,(H,20,23)/t13-/m0/s1. The normalized spacial score (nSPS) is 22.0. The van der Waals surface area contributed by atoms with E-state index in [0.29, 0.717) is 13.1 Å². The van der Waals surface area contributed by atoms with Crippen molar-refractivity contribution >= 4 is 23.2 Å². The maximum absolute atomic E-state index is 13.5. The van der Waals surface area contributed by atoms with Gasteiger partial charge in [0.05, 0.1) is 24.3 Å². The van der Waals surface area contributed by atoms with Gasteiger partial charge in [-0.1, -0.05) is 12.1 Å². The molecule has 5 nitrogen and oxygen atoms in total. The molecule has 130 valence electrons. The summed E-state index contributed by atoms with van der Waals surface area (Å²) < 4.78 is 40.6. The van der Waals surface area contributed by atoms with E-state index in [0.717, 1.165) is 17.7 Å². The molecule has 1 fully saturated rings. The number of para-hydroxylation sites is 2. The van der Waals surface area contributed by atoms with Gasteiger partial charge in [-0.15, -0.1) is 0 Å². The minimum absolute atomic E-state index is 0.0743. The Hall–Kier alpha value is -2.09. The second kappa shape index (κ2) is 6.43. The van der Waals surface area contributed by atoms with Crippen LogP contribution in [-0.4, -0.2) is 48.6 Å². The second-order valence-electron chi connectivity index (χ2n) is 6.07. The number of likely N-dealkylation sites (tertiary alicyclic amines) is 1. The lowest BCUT2D eigenvalue weighted by Crippen LogP contribution is -2.52. The van der Waals surface area contributed by atoms with Crippen molar-refractivity contribution < 1.29 is 22.8 Å². The van der Waals surface area contributed by atoms with Gasteiger partial charge in [-0.25, -0.2) is 0 Å². The van der Waals surface area contributed by atoms with Gasteiger partial charge in [0.15, 0.2) is 0 Å². The molecule has 1 atom stereocenters. The van der Waals surface area contributed by atoms with Crippen LogP contribution in [0.4, 0.5) is 24.5 Å². The van der Waals surface area contributed by atoms with Crippen LogP contribution in [0.5, 0.6) is 0 Å². The molecule has 24 heavy (non-hydrogen) atoms. The average Bonchev–Trinajstić information content (AvgIpc) is 2.94. The van der Waals surface area contributed by atoms with Crippen LogP contribution in [0.15, 0.2) is 24.3 Å². The van der Waals surface area contributed by atoms with Gasteiger partial charge in [-0.2, -0.15) is 13.2 Å². The number of alkyl halides is 3. The zero-order chi connectivity index (χ0) is 17.3. The third kappa shape index (κ3) is 3.38. The maximum Gasteiger partial charge on any atom is 0.409 e. The van der Waals surface area contributed by atoms with E-state index in [1.807, 2.05) is 4.90 Å². The van der Waals surface area contributed by atoms with Crippen molar-refractivity contribution in [2.45, 2.75) is 31.5 Å². The Bertz CT molecular complexity index is 642. The largest absolute Gasteiger partial charge is 0.409 e. The van der Waals surface area contributed by atoms with Crippen LogP contribution in [0.3, 0.4) is 0 Å². The molecule has 0 aromatic heterocycles. The van der Waals surface area contributed by atoms with E-state index in [1.54, 1.807) is 12.1 Å². The number of fused-ring (bicyclic) bond motifs is 1. The molecule has 8 heteroatoms. The van der Waals surface area contributed by atoms with Gasteiger partial charge in [0.2, 0.25) is 11.8 Å². The summed E-state index contributed by atoms with van der Waals surface area (Å²) in [5.74, 6) is -1.38. The predicted octanol–water partition coefficient (Wildman–Crippen LogP) is 2.39. The minimum atomic E-state index is -4.69. The first-order valence-electron chi connectivity index (χ1n) is 7.86. The SMILES string of the molecule is O=C1C[C@@H](C(F)(F)F)N(C(=O)CN2CCCC2)c2ccccc2N1. The van der Waals surface area contributed by atoms with Gasteiger partial charge in [0, 0.05) is 0 Å². The van der Waals surface area contributed by atoms with Crippen LogP contribution >= 0.6 is 0 Å². The number of carbonyl (C=O) groups excluding carboxylic acids is 2. The first-order chi connectivity index (χ1) is 11.4. The van der Waals surface area contributed by atoms with E-state index >= 15 is 0 Å². The molecule has 0 spiro atoms. The van der Waals surface area contributed by atoms with E-state index in [1.165, 1.54) is 12.1 Å². The van der Waals surface area contributed by atoms with Crippen LogP contribution in [0, 0.1) is 0 Å². The summed E-state index contributed by atoms with van der Waals surface area (Å²) >= 11 is 0. The summed E-state index contributed by atoms with van der Waals surface area (Å²) in [4.78, 5) is 27.1. The number of hydrogen-bond acceptors (Lipinski definition) is 3. The maximum atomic E-state index is 13.5. The topological polar surface area (TPSA) is 52.7 Å². The Morgan fingerprint density at radius 2 is 1.88 bits per heavy atom. The number of nitrogens with one attached hydrogen (secondary N) is 1. The number of carbonyl (C=O) groups is 2. The number of amides is 2. The molecule has 2 heterocycles. The van der Waals surface area contributed by atoms with E-state index in [4.69, 9.17) is 0 Å². The third-order valence-electron chi connectivity index (χ3n) is 4.33. The lowest BCUT2D eigenvalue weighted by molar-refractivity contribution is -0.158. The molecule has 3 rings (SSSR count). The van der Waals surface area contributed by atoms with Crippen molar-refractivity contribution in [3.8, 4) is 0 Å². The summed E-state index contributed by atoms with van der Waals surface area (Å²) in [6.45, 7) is 1.33. The number of anilines is 2. The van der Waals surface area contributed by atoms with Crippen molar-refractivity contribution in [3.63, 3.8) is 0 Å². The molecular formula is C16H18F3N3O2. The Balaban J connectivity index is 1.98. The molecule has 2 aliphatic heterocycles. The molecule has 1 aromatic rings. The van der Waals surface area contributed by atoms with E-state index in [2.05, 4.69) is 5.32 Å². The summed E-state index contributed by atoms with van der Waals surface area (Å²) in [6.07, 6.45) is -3.61. The van der Waals surface area contributed by atoms with Crippen LogP contribution in [-0.2, 0) is 9.59 Å². The van der Waals surface area contributed by atoms with Gasteiger partial charge in [-0.3, -0.25) is 19.4 Å². The molecule has 2 aliphatic rings. The number of halogens is 3. The van der Waals surface area contributed by atoms with Gasteiger partial charge >= 0.3 is 6.18 Å². The van der Waals surface area contributed by atoms with Crippen molar-refractivity contribution in [2.75, 3.05) is 29.9 Å². The highest BCUT2D eigenvalue weighted by Gasteiger charge is 2.49. The zero-order valence-corrected chi connectivity index (χ0v) is 13.0. The van der Waals surface area contributed by atoms with Crippen LogP contribution < -0.4 is 10.2 Å². The molecule has 0 bridgehead atoms. The molecule has 1 aromatic carbocycles. The van der Waals surface area contributed by atoms with Gasteiger partial charge < -0.3 is 5.32 Å². The molecule has 1 saturated heterocycles. The first kappa shape index (κ1) is 16.8. The van der Waals surface area contributed by atoms with E-state index in [-0.39, 0.29) is 17.9 Å². The molecule has 0 saturated carbocycles. The lowest BCUT2D eigenvalue weighted by Gasteiger charge is -2.32. The van der Waals surface area contributed by atoms with Gasteiger partial charge in [0.1, 0.15) is 6.04 Å². The molecular weight excluding hydrogens is 323 g/mol. The number of benzene rings is 1. The minimum Gasteiger partial charge on any atom is -0.324 e. The predicted molar refractivity (Wildman–Crippen MR) is 82.7 cm³/mol. The number of rotatable bonds is 2. The highest BCUT2D eigenvalue weighted by Crippen LogP contribution is 2.37. The van der Waals surface area contributed by atoms with Crippen molar-refractivity contribution in [3.05, 3.63) is 24.3 Å². The monoisotopic (exact) mass is 341 g/mol. The summed E-state index contributed by atoms with van der Waals surface area (Å²) in [6, 6.07) is 3.94. The molecule has 0 aliphatic carbocycles. The average molecular weight is 341 g/mol. The van der Waals surface area contributed by atoms with Crippen LogP contribution in [0.1, 0.15) is 19.3 Å². The summed E-state index contributed by atoms with van der Waals surface area (Å²) in [7, 11) is 0. The van der Waals surface area contributed by atoms with Crippen molar-refractivity contribution in [2.24, 2.45) is 0 Å². The number of hydrogen-bond donors (Lipinski definition) is 1. The van der Waals surface area contributed by atoms with E-state index in [9.17, 15) is 22.8 Å². The quantitative estimate of drug-likeness (QED) is 0.899. The lowest BCUT2D eigenvalue weighted by atomic mass is 10.1. The Morgan fingerprint density at radius 3 is 2.54 bits per heavy atom. The zero-order valence-electron chi connectivity index (χ0n) is 13.0. The Labute approximate surface area is 137 Å². The Kier molecular flexibility index (Phi) is 4.49. The fraction of sp³-hybridized carbons (Fsp3) is 0.500. The smallest absolute Gasteiger partial charge is 0.324 e. The van der Waals surface area contributed by atoms with E-state index < -0.39 is 30.5 Å².